The Kier molecular flexibility index (Phi) is 5.69. The summed E-state index contributed by atoms with van der Waals surface area (Å²) in [6.07, 6.45) is 0. The van der Waals surface area contributed by atoms with Crippen LogP contribution in [0.4, 0.5) is 0 Å². The molecule has 2 aromatic rings. The molecule has 0 saturated carbocycles. The number of hydrogen-bond donors (Lipinski definition) is 1. The minimum absolute atomic E-state index is 0.0496. The van der Waals surface area contributed by atoms with Crippen LogP contribution in [0.5, 0.6) is 5.75 Å². The number of carbonyl (C=O) groups excluding carboxylic acids is 1. The molecule has 0 aliphatic rings. The van der Waals surface area contributed by atoms with E-state index < -0.39 is 0 Å². The first-order valence-electron chi connectivity index (χ1n) is 6.89. The maximum atomic E-state index is 11.9. The smallest absolute Gasteiger partial charge is 0.258 e. The summed E-state index contributed by atoms with van der Waals surface area (Å²) in [7, 11) is 0. The van der Waals surface area contributed by atoms with E-state index in [9.17, 15) is 4.79 Å². The molecule has 0 aliphatic carbocycles. The highest BCUT2D eigenvalue weighted by Gasteiger charge is 2.10. The number of amides is 1. The zero-order valence-corrected chi connectivity index (χ0v) is 13.9. The van der Waals surface area contributed by atoms with Crippen LogP contribution in [0.25, 0.3) is 0 Å². The standard InChI is InChI=1S/C17H17Cl2NO2/c1-11-8-15(6-7-16(11)19)22-10-17(21)20-12(2)13-4-3-5-14(18)9-13/h3-9,12H,10H2,1-2H3,(H,20,21)/t12-/m1/s1. The summed E-state index contributed by atoms with van der Waals surface area (Å²) in [5.74, 6) is 0.424. The van der Waals surface area contributed by atoms with Crippen LogP contribution in [0.2, 0.25) is 10.0 Å². The van der Waals surface area contributed by atoms with Crippen molar-refractivity contribution < 1.29 is 9.53 Å². The van der Waals surface area contributed by atoms with Gasteiger partial charge in [-0.2, -0.15) is 0 Å². The van der Waals surface area contributed by atoms with Crippen molar-refractivity contribution in [2.45, 2.75) is 19.9 Å². The Morgan fingerprint density at radius 1 is 1.23 bits per heavy atom. The number of rotatable bonds is 5. The third-order valence-electron chi connectivity index (χ3n) is 3.23. The van der Waals surface area contributed by atoms with Crippen LogP contribution in [0.3, 0.4) is 0 Å². The molecule has 5 heteroatoms. The van der Waals surface area contributed by atoms with Crippen molar-refractivity contribution in [1.82, 2.24) is 5.32 Å². The van der Waals surface area contributed by atoms with Crippen LogP contribution in [-0.2, 0) is 4.79 Å². The SMILES string of the molecule is Cc1cc(OCC(=O)N[C@H](C)c2cccc(Cl)c2)ccc1Cl. The highest BCUT2D eigenvalue weighted by molar-refractivity contribution is 6.31. The summed E-state index contributed by atoms with van der Waals surface area (Å²) >= 11 is 11.9. The number of aryl methyl sites for hydroxylation is 1. The Labute approximate surface area is 140 Å². The second-order valence-electron chi connectivity index (χ2n) is 5.04. The van der Waals surface area contributed by atoms with Gasteiger partial charge in [0.1, 0.15) is 5.75 Å². The second-order valence-corrected chi connectivity index (χ2v) is 5.89. The average Bonchev–Trinajstić information content (AvgIpc) is 2.48. The maximum Gasteiger partial charge on any atom is 0.258 e. The van der Waals surface area contributed by atoms with E-state index >= 15 is 0 Å². The summed E-state index contributed by atoms with van der Waals surface area (Å²) in [6, 6.07) is 12.6. The molecule has 2 rings (SSSR count). The lowest BCUT2D eigenvalue weighted by Gasteiger charge is -2.15. The molecule has 0 spiro atoms. The molecule has 22 heavy (non-hydrogen) atoms. The minimum Gasteiger partial charge on any atom is -0.484 e. The Morgan fingerprint density at radius 3 is 2.68 bits per heavy atom. The predicted octanol–water partition coefficient (Wildman–Crippen LogP) is 4.56. The fourth-order valence-corrected chi connectivity index (χ4v) is 2.31. The van der Waals surface area contributed by atoms with Gasteiger partial charge in [0, 0.05) is 10.0 Å². The summed E-state index contributed by atoms with van der Waals surface area (Å²) in [6.45, 7) is 3.73. The molecule has 3 nitrogen and oxygen atoms in total. The Bertz CT molecular complexity index is 673. The van der Waals surface area contributed by atoms with Crippen LogP contribution in [0.15, 0.2) is 42.5 Å². The number of hydrogen-bond acceptors (Lipinski definition) is 2. The lowest BCUT2D eigenvalue weighted by molar-refractivity contribution is -0.123. The van der Waals surface area contributed by atoms with Gasteiger partial charge < -0.3 is 10.1 Å². The van der Waals surface area contributed by atoms with Crippen LogP contribution in [0, 0.1) is 6.92 Å². The Morgan fingerprint density at radius 2 is 2.00 bits per heavy atom. The van der Waals surface area contributed by atoms with Crippen molar-refractivity contribution in [3.63, 3.8) is 0 Å². The van der Waals surface area contributed by atoms with E-state index in [1.807, 2.05) is 32.0 Å². The first kappa shape index (κ1) is 16.7. The molecule has 116 valence electrons. The highest BCUT2D eigenvalue weighted by Crippen LogP contribution is 2.21. The van der Waals surface area contributed by atoms with Gasteiger partial charge in [-0.15, -0.1) is 0 Å². The number of carbonyl (C=O) groups is 1. The molecule has 0 aromatic heterocycles. The summed E-state index contributed by atoms with van der Waals surface area (Å²) in [5.41, 5.74) is 1.86. The van der Waals surface area contributed by atoms with E-state index in [1.165, 1.54) is 0 Å². The van der Waals surface area contributed by atoms with Gasteiger partial charge in [-0.1, -0.05) is 35.3 Å². The van der Waals surface area contributed by atoms with Gasteiger partial charge in [0.25, 0.3) is 5.91 Å². The lowest BCUT2D eigenvalue weighted by atomic mass is 10.1. The fraction of sp³-hybridized carbons (Fsp3) is 0.235. The van der Waals surface area contributed by atoms with Crippen molar-refractivity contribution in [2.75, 3.05) is 6.61 Å². The van der Waals surface area contributed by atoms with Crippen LogP contribution < -0.4 is 10.1 Å². The van der Waals surface area contributed by atoms with Crippen LogP contribution in [0.1, 0.15) is 24.1 Å². The maximum absolute atomic E-state index is 11.9. The molecular weight excluding hydrogens is 321 g/mol. The number of ether oxygens (including phenoxy) is 1. The van der Waals surface area contributed by atoms with E-state index in [2.05, 4.69) is 5.32 Å². The summed E-state index contributed by atoms with van der Waals surface area (Å²) in [5, 5.41) is 4.19. The first-order chi connectivity index (χ1) is 10.5. The summed E-state index contributed by atoms with van der Waals surface area (Å²) < 4.78 is 5.47. The molecule has 0 fully saturated rings. The highest BCUT2D eigenvalue weighted by atomic mass is 35.5. The quantitative estimate of drug-likeness (QED) is 0.868. The van der Waals surface area contributed by atoms with E-state index in [0.29, 0.717) is 15.8 Å². The first-order valence-corrected chi connectivity index (χ1v) is 7.65. The summed E-state index contributed by atoms with van der Waals surface area (Å²) in [4.78, 5) is 11.9. The van der Waals surface area contributed by atoms with Gasteiger partial charge in [-0.05, 0) is 55.3 Å². The molecule has 0 unspecified atom stereocenters. The molecular formula is C17H17Cl2NO2. The van der Waals surface area contributed by atoms with Crippen molar-refractivity contribution >= 4 is 29.1 Å². The predicted molar refractivity (Wildman–Crippen MR) is 89.7 cm³/mol. The topological polar surface area (TPSA) is 38.3 Å². The van der Waals surface area contributed by atoms with E-state index in [4.69, 9.17) is 27.9 Å². The van der Waals surface area contributed by atoms with Gasteiger partial charge in [0.05, 0.1) is 6.04 Å². The average molecular weight is 338 g/mol. The van der Waals surface area contributed by atoms with Crippen LogP contribution in [-0.4, -0.2) is 12.5 Å². The molecule has 0 bridgehead atoms. The van der Waals surface area contributed by atoms with E-state index in [0.717, 1.165) is 11.1 Å². The van der Waals surface area contributed by atoms with Crippen LogP contribution >= 0.6 is 23.2 Å². The second kappa shape index (κ2) is 7.52. The van der Waals surface area contributed by atoms with Crippen molar-refractivity contribution in [3.8, 4) is 5.75 Å². The van der Waals surface area contributed by atoms with E-state index in [1.54, 1.807) is 24.3 Å². The van der Waals surface area contributed by atoms with Crippen molar-refractivity contribution in [1.29, 1.82) is 0 Å². The zero-order valence-electron chi connectivity index (χ0n) is 12.4. The number of benzene rings is 2. The van der Waals surface area contributed by atoms with Crippen molar-refractivity contribution in [3.05, 3.63) is 63.6 Å². The van der Waals surface area contributed by atoms with E-state index in [-0.39, 0.29) is 18.6 Å². The normalized spacial score (nSPS) is 11.8. The number of halogens is 2. The Hall–Kier alpha value is -1.71. The van der Waals surface area contributed by atoms with Crippen molar-refractivity contribution in [2.24, 2.45) is 0 Å². The fourth-order valence-electron chi connectivity index (χ4n) is 2.00. The van der Waals surface area contributed by atoms with Gasteiger partial charge in [-0.3, -0.25) is 4.79 Å². The molecule has 2 aromatic carbocycles. The third kappa shape index (κ3) is 4.65. The minimum atomic E-state index is -0.194. The van der Waals surface area contributed by atoms with Gasteiger partial charge >= 0.3 is 0 Å². The Balaban J connectivity index is 1.88. The number of nitrogens with one attached hydrogen (secondary N) is 1. The largest absolute Gasteiger partial charge is 0.484 e. The zero-order chi connectivity index (χ0) is 16.1. The molecule has 1 amide bonds. The van der Waals surface area contributed by atoms with Gasteiger partial charge in [0.15, 0.2) is 6.61 Å². The molecule has 0 radical (unpaired) electrons. The van der Waals surface area contributed by atoms with Gasteiger partial charge in [-0.25, -0.2) is 0 Å². The molecule has 0 heterocycles. The third-order valence-corrected chi connectivity index (χ3v) is 3.88. The monoisotopic (exact) mass is 337 g/mol. The molecule has 1 atom stereocenters. The van der Waals surface area contributed by atoms with Gasteiger partial charge in [0.2, 0.25) is 0 Å². The molecule has 1 N–H and O–H groups in total. The molecule has 0 aliphatic heterocycles. The lowest BCUT2D eigenvalue weighted by Crippen LogP contribution is -2.31. The molecule has 0 saturated heterocycles.